The SMILES string of the molecule is COc1ccc(F)c(-c2ccc(COc3cccc([C@@H](CC(=O)O)CC4CC4)c3F)cc2[C@H](OC)C(C)(C)C)c1. The van der Waals surface area contributed by atoms with Crippen LogP contribution in [0.2, 0.25) is 0 Å². The van der Waals surface area contributed by atoms with Gasteiger partial charge in [0.05, 0.1) is 19.6 Å². The Hall–Kier alpha value is -3.45. The zero-order valence-corrected chi connectivity index (χ0v) is 23.8. The third-order valence-corrected chi connectivity index (χ3v) is 7.45. The second-order valence-corrected chi connectivity index (χ2v) is 11.7. The van der Waals surface area contributed by atoms with Gasteiger partial charge in [-0.2, -0.15) is 0 Å². The van der Waals surface area contributed by atoms with E-state index in [0.29, 0.717) is 34.8 Å². The molecule has 0 bridgehead atoms. The molecule has 2 atom stereocenters. The van der Waals surface area contributed by atoms with Crippen LogP contribution in [0, 0.1) is 23.0 Å². The molecule has 214 valence electrons. The molecule has 4 rings (SSSR count). The molecule has 3 aromatic rings. The van der Waals surface area contributed by atoms with Crippen LogP contribution in [-0.2, 0) is 16.1 Å². The van der Waals surface area contributed by atoms with Gasteiger partial charge >= 0.3 is 5.97 Å². The summed E-state index contributed by atoms with van der Waals surface area (Å²) in [6, 6.07) is 15.1. The number of carboxylic acids is 1. The fourth-order valence-corrected chi connectivity index (χ4v) is 5.35. The molecule has 1 N–H and O–H groups in total. The number of rotatable bonds is 12. The van der Waals surface area contributed by atoms with Crippen molar-refractivity contribution in [2.45, 2.75) is 65.1 Å². The molecule has 0 aromatic heterocycles. The molecule has 1 aliphatic carbocycles. The number of carbonyl (C=O) groups is 1. The van der Waals surface area contributed by atoms with E-state index in [0.717, 1.165) is 24.0 Å². The summed E-state index contributed by atoms with van der Waals surface area (Å²) in [5, 5.41) is 9.40. The van der Waals surface area contributed by atoms with Crippen molar-refractivity contribution in [2.24, 2.45) is 11.3 Å². The third-order valence-electron chi connectivity index (χ3n) is 7.45. The Kier molecular flexibility index (Phi) is 9.14. The molecule has 0 heterocycles. The van der Waals surface area contributed by atoms with Crippen molar-refractivity contribution in [1.29, 1.82) is 0 Å². The van der Waals surface area contributed by atoms with E-state index in [4.69, 9.17) is 14.2 Å². The van der Waals surface area contributed by atoms with Crippen molar-refractivity contribution < 1.29 is 32.9 Å². The molecule has 0 radical (unpaired) electrons. The Morgan fingerprint density at radius 2 is 1.75 bits per heavy atom. The topological polar surface area (TPSA) is 65.0 Å². The molecule has 5 nitrogen and oxygen atoms in total. The number of methoxy groups -OCH3 is 2. The lowest BCUT2D eigenvalue weighted by molar-refractivity contribution is -0.137. The van der Waals surface area contributed by atoms with E-state index in [1.54, 1.807) is 37.4 Å². The van der Waals surface area contributed by atoms with Crippen LogP contribution >= 0.6 is 0 Å². The molecule has 0 aliphatic heterocycles. The van der Waals surface area contributed by atoms with Crippen molar-refractivity contribution in [1.82, 2.24) is 0 Å². The van der Waals surface area contributed by atoms with E-state index in [-0.39, 0.29) is 36.1 Å². The minimum absolute atomic E-state index is 0.0705. The van der Waals surface area contributed by atoms with E-state index < -0.39 is 17.7 Å². The summed E-state index contributed by atoms with van der Waals surface area (Å²) in [7, 11) is 3.16. The van der Waals surface area contributed by atoms with Gasteiger partial charge in [0.2, 0.25) is 0 Å². The Labute approximate surface area is 235 Å². The van der Waals surface area contributed by atoms with E-state index >= 15 is 8.78 Å². The lowest BCUT2D eigenvalue weighted by Gasteiger charge is -2.32. The number of halogens is 2. The minimum Gasteiger partial charge on any atom is -0.497 e. The molecular formula is C33H38F2O5. The molecule has 0 saturated heterocycles. The average molecular weight is 553 g/mol. The zero-order chi connectivity index (χ0) is 29.0. The van der Waals surface area contributed by atoms with Gasteiger partial charge in [-0.05, 0) is 76.3 Å². The van der Waals surface area contributed by atoms with Gasteiger partial charge in [-0.1, -0.05) is 57.9 Å². The predicted molar refractivity (Wildman–Crippen MR) is 151 cm³/mol. The quantitative estimate of drug-likeness (QED) is 0.245. The summed E-state index contributed by atoms with van der Waals surface area (Å²) in [5.74, 6) is -1.17. The third kappa shape index (κ3) is 7.00. The Morgan fingerprint density at radius 1 is 1.00 bits per heavy atom. The molecule has 0 unspecified atom stereocenters. The monoisotopic (exact) mass is 552 g/mol. The number of hydrogen-bond donors (Lipinski definition) is 1. The second kappa shape index (κ2) is 12.4. The van der Waals surface area contributed by atoms with Crippen molar-refractivity contribution in [2.75, 3.05) is 14.2 Å². The number of aliphatic carboxylic acids is 1. The second-order valence-electron chi connectivity index (χ2n) is 11.7. The highest BCUT2D eigenvalue weighted by molar-refractivity contribution is 5.71. The summed E-state index contributed by atoms with van der Waals surface area (Å²) in [6.07, 6.45) is 2.29. The number of benzene rings is 3. The van der Waals surface area contributed by atoms with Crippen molar-refractivity contribution in [3.63, 3.8) is 0 Å². The zero-order valence-electron chi connectivity index (χ0n) is 23.8. The van der Waals surface area contributed by atoms with Crippen LogP contribution in [0.25, 0.3) is 11.1 Å². The summed E-state index contributed by atoms with van der Waals surface area (Å²) in [6.45, 7) is 6.21. The maximum Gasteiger partial charge on any atom is 0.303 e. The van der Waals surface area contributed by atoms with Crippen LogP contribution < -0.4 is 9.47 Å². The van der Waals surface area contributed by atoms with Gasteiger partial charge in [0.25, 0.3) is 0 Å². The first-order valence-electron chi connectivity index (χ1n) is 13.6. The van der Waals surface area contributed by atoms with Gasteiger partial charge in [-0.25, -0.2) is 8.78 Å². The number of carboxylic acid groups (broad SMARTS) is 1. The van der Waals surface area contributed by atoms with Gasteiger partial charge in [-0.15, -0.1) is 0 Å². The van der Waals surface area contributed by atoms with Crippen LogP contribution in [0.1, 0.15) is 75.2 Å². The molecular weight excluding hydrogens is 514 g/mol. The fourth-order valence-electron chi connectivity index (χ4n) is 5.35. The van der Waals surface area contributed by atoms with E-state index in [1.165, 1.54) is 13.2 Å². The van der Waals surface area contributed by atoms with E-state index in [2.05, 4.69) is 0 Å². The highest BCUT2D eigenvalue weighted by atomic mass is 19.1. The summed E-state index contributed by atoms with van der Waals surface area (Å²) < 4.78 is 47.8. The highest BCUT2D eigenvalue weighted by Crippen LogP contribution is 2.43. The molecule has 40 heavy (non-hydrogen) atoms. The van der Waals surface area contributed by atoms with Crippen LogP contribution in [0.15, 0.2) is 54.6 Å². The number of ether oxygens (including phenoxy) is 3. The number of hydrogen-bond acceptors (Lipinski definition) is 4. The smallest absolute Gasteiger partial charge is 0.303 e. The average Bonchev–Trinajstić information content (AvgIpc) is 3.72. The molecule has 1 aliphatic rings. The largest absolute Gasteiger partial charge is 0.497 e. The maximum atomic E-state index is 15.6. The van der Waals surface area contributed by atoms with Crippen molar-refractivity contribution >= 4 is 5.97 Å². The van der Waals surface area contributed by atoms with E-state index in [9.17, 15) is 9.90 Å². The molecule has 1 saturated carbocycles. The molecule has 0 spiro atoms. The lowest BCUT2D eigenvalue weighted by Crippen LogP contribution is -2.21. The van der Waals surface area contributed by atoms with Crippen LogP contribution in [0.5, 0.6) is 11.5 Å². The fraction of sp³-hybridized carbons (Fsp3) is 0.424. The Morgan fingerprint density at radius 3 is 2.38 bits per heavy atom. The van der Waals surface area contributed by atoms with Crippen molar-refractivity contribution in [3.05, 3.63) is 82.9 Å². The Balaban J connectivity index is 1.66. The van der Waals surface area contributed by atoms with Gasteiger partial charge in [-0.3, -0.25) is 4.79 Å². The first-order chi connectivity index (χ1) is 19.0. The normalized spacial score (nSPS) is 15.0. The lowest BCUT2D eigenvalue weighted by atomic mass is 9.81. The van der Waals surface area contributed by atoms with Crippen LogP contribution in [0.4, 0.5) is 8.78 Å². The van der Waals surface area contributed by atoms with Gasteiger partial charge < -0.3 is 19.3 Å². The molecule has 0 amide bonds. The Bertz CT molecular complexity index is 1340. The first-order valence-corrected chi connectivity index (χ1v) is 13.6. The van der Waals surface area contributed by atoms with Crippen molar-refractivity contribution in [3.8, 4) is 22.6 Å². The summed E-state index contributed by atoms with van der Waals surface area (Å²) >= 11 is 0. The first kappa shape index (κ1) is 29.5. The highest BCUT2D eigenvalue weighted by Gasteiger charge is 2.31. The maximum absolute atomic E-state index is 15.6. The molecule has 7 heteroatoms. The standard InChI is InChI=1S/C33H38F2O5/c1-33(2,3)32(39-5)27-16-21(11-13-25(27)26-18-23(38-4)12-14-28(26)34)19-40-29-8-6-7-24(31(29)35)22(17-30(36)37)15-20-9-10-20/h6-8,11-14,16,18,20,22,32H,9-10,15,17,19H2,1-5H3,(H,36,37)/t22-,32+/m1/s1. The van der Waals surface area contributed by atoms with E-state index in [1.807, 2.05) is 39.0 Å². The minimum atomic E-state index is -0.942. The molecule has 3 aromatic carbocycles. The van der Waals surface area contributed by atoms with Crippen LogP contribution in [-0.4, -0.2) is 25.3 Å². The predicted octanol–water partition coefficient (Wildman–Crippen LogP) is 8.31. The summed E-state index contributed by atoms with van der Waals surface area (Å²) in [5.41, 5.74) is 2.68. The van der Waals surface area contributed by atoms with Gasteiger partial charge in [0.1, 0.15) is 18.2 Å². The van der Waals surface area contributed by atoms with Gasteiger partial charge in [0, 0.05) is 12.7 Å². The molecule has 1 fully saturated rings. The van der Waals surface area contributed by atoms with Crippen LogP contribution in [0.3, 0.4) is 0 Å². The van der Waals surface area contributed by atoms with Gasteiger partial charge in [0.15, 0.2) is 11.6 Å². The summed E-state index contributed by atoms with van der Waals surface area (Å²) in [4.78, 5) is 11.5.